The van der Waals surface area contributed by atoms with Gasteiger partial charge >= 0.3 is 6.18 Å². The predicted octanol–water partition coefficient (Wildman–Crippen LogP) is 3.98. The number of halogens is 3. The van der Waals surface area contributed by atoms with Crippen molar-refractivity contribution in [3.8, 4) is 0 Å². The van der Waals surface area contributed by atoms with Gasteiger partial charge in [0.2, 0.25) is 0 Å². The molecule has 7 heteroatoms. The lowest BCUT2D eigenvalue weighted by Crippen LogP contribution is -2.17. The third kappa shape index (κ3) is 3.48. The zero-order valence-corrected chi connectivity index (χ0v) is 12.4. The maximum Gasteiger partial charge on any atom is 0.416 e. The maximum atomic E-state index is 12.7. The average molecular weight is 325 g/mol. The van der Waals surface area contributed by atoms with Crippen LogP contribution >= 0.6 is 11.3 Å². The summed E-state index contributed by atoms with van der Waals surface area (Å²) in [6.45, 7) is 1.30. The second kappa shape index (κ2) is 6.10. The molecule has 0 atom stereocenters. The Balaban J connectivity index is 1.62. The van der Waals surface area contributed by atoms with E-state index in [1.54, 1.807) is 11.3 Å². The number of hydrogen-bond donors (Lipinski definition) is 2. The number of rotatable bonds is 5. The van der Waals surface area contributed by atoms with Gasteiger partial charge in [-0.15, -0.1) is 11.3 Å². The lowest BCUT2D eigenvalue weighted by Gasteiger charge is -2.05. The fourth-order valence-electron chi connectivity index (χ4n) is 2.20. The monoisotopic (exact) mass is 325 g/mol. The summed E-state index contributed by atoms with van der Waals surface area (Å²) in [5.74, 6) is 0.639. The molecule has 22 heavy (non-hydrogen) atoms. The molecule has 3 aromatic rings. The number of thiophene rings is 1. The Bertz CT molecular complexity index is 747. The van der Waals surface area contributed by atoms with E-state index >= 15 is 0 Å². The van der Waals surface area contributed by atoms with Crippen LogP contribution in [0.5, 0.6) is 0 Å². The van der Waals surface area contributed by atoms with E-state index in [4.69, 9.17) is 0 Å². The molecule has 0 radical (unpaired) electrons. The molecule has 3 nitrogen and oxygen atoms in total. The van der Waals surface area contributed by atoms with Gasteiger partial charge in [-0.25, -0.2) is 4.98 Å². The van der Waals surface area contributed by atoms with E-state index in [-0.39, 0.29) is 0 Å². The first-order chi connectivity index (χ1) is 10.5. The fraction of sp³-hybridized carbons (Fsp3) is 0.267. The molecule has 0 aliphatic rings. The molecule has 0 saturated heterocycles. The maximum absolute atomic E-state index is 12.7. The number of aromatic amines is 1. The molecule has 3 rings (SSSR count). The van der Waals surface area contributed by atoms with Crippen LogP contribution < -0.4 is 5.32 Å². The van der Waals surface area contributed by atoms with E-state index in [0.29, 0.717) is 23.4 Å². The van der Waals surface area contributed by atoms with E-state index < -0.39 is 11.7 Å². The van der Waals surface area contributed by atoms with Crippen molar-refractivity contribution in [2.24, 2.45) is 0 Å². The highest BCUT2D eigenvalue weighted by Gasteiger charge is 2.30. The van der Waals surface area contributed by atoms with Gasteiger partial charge < -0.3 is 10.3 Å². The van der Waals surface area contributed by atoms with Crippen LogP contribution in [0.3, 0.4) is 0 Å². The Hall–Kier alpha value is -1.86. The predicted molar refractivity (Wildman–Crippen MR) is 80.8 cm³/mol. The standard InChI is InChI=1S/C15H14F3N3S/c16-15(17,18)10-3-4-12-13(8-10)21-14(20-12)9-19-6-5-11-2-1-7-22-11/h1-4,7-8,19H,5-6,9H2,(H,20,21). The van der Waals surface area contributed by atoms with Gasteiger partial charge in [0.1, 0.15) is 5.82 Å². The van der Waals surface area contributed by atoms with Crippen molar-refractivity contribution in [3.05, 3.63) is 52.0 Å². The lowest BCUT2D eigenvalue weighted by molar-refractivity contribution is -0.137. The molecule has 0 saturated carbocycles. The van der Waals surface area contributed by atoms with Crippen LogP contribution in [0.1, 0.15) is 16.3 Å². The summed E-state index contributed by atoms with van der Waals surface area (Å²) in [5.41, 5.74) is 0.286. The highest BCUT2D eigenvalue weighted by atomic mass is 32.1. The minimum atomic E-state index is -4.33. The zero-order valence-electron chi connectivity index (χ0n) is 11.6. The van der Waals surface area contributed by atoms with Crippen molar-refractivity contribution in [1.29, 1.82) is 0 Å². The Morgan fingerprint density at radius 3 is 2.82 bits per heavy atom. The number of nitrogens with zero attached hydrogens (tertiary/aromatic N) is 1. The van der Waals surface area contributed by atoms with Crippen molar-refractivity contribution in [2.75, 3.05) is 6.54 Å². The molecule has 0 aliphatic carbocycles. The Morgan fingerprint density at radius 2 is 2.09 bits per heavy atom. The smallest absolute Gasteiger partial charge is 0.341 e. The number of nitrogens with one attached hydrogen (secondary N) is 2. The van der Waals surface area contributed by atoms with Crippen molar-refractivity contribution in [1.82, 2.24) is 15.3 Å². The molecule has 0 spiro atoms. The van der Waals surface area contributed by atoms with Gasteiger partial charge in [-0.05, 0) is 36.1 Å². The summed E-state index contributed by atoms with van der Waals surface area (Å²) in [4.78, 5) is 8.52. The molecule has 0 aliphatic heterocycles. The van der Waals surface area contributed by atoms with Gasteiger partial charge in [-0.3, -0.25) is 0 Å². The molecule has 0 unspecified atom stereocenters. The van der Waals surface area contributed by atoms with Crippen molar-refractivity contribution < 1.29 is 13.2 Å². The molecule has 1 aromatic carbocycles. The first-order valence-electron chi connectivity index (χ1n) is 6.81. The van der Waals surface area contributed by atoms with Crippen LogP contribution in [0.2, 0.25) is 0 Å². The number of alkyl halides is 3. The summed E-state index contributed by atoms with van der Waals surface area (Å²) in [6, 6.07) is 7.63. The van der Waals surface area contributed by atoms with Gasteiger partial charge in [0.25, 0.3) is 0 Å². The van der Waals surface area contributed by atoms with Crippen LogP contribution in [0, 0.1) is 0 Å². The second-order valence-electron chi connectivity index (χ2n) is 4.92. The number of aromatic nitrogens is 2. The van der Waals surface area contributed by atoms with Crippen molar-refractivity contribution in [2.45, 2.75) is 19.1 Å². The van der Waals surface area contributed by atoms with Gasteiger partial charge in [0.05, 0.1) is 23.1 Å². The van der Waals surface area contributed by atoms with Crippen LogP contribution in [-0.2, 0) is 19.1 Å². The van der Waals surface area contributed by atoms with Gasteiger partial charge in [0.15, 0.2) is 0 Å². The van der Waals surface area contributed by atoms with E-state index in [1.807, 2.05) is 11.4 Å². The largest absolute Gasteiger partial charge is 0.416 e. The number of fused-ring (bicyclic) bond motifs is 1. The van der Waals surface area contributed by atoms with E-state index in [2.05, 4.69) is 21.4 Å². The van der Waals surface area contributed by atoms with Crippen LogP contribution in [0.25, 0.3) is 11.0 Å². The normalized spacial score (nSPS) is 12.1. The summed E-state index contributed by atoms with van der Waals surface area (Å²) in [6.07, 6.45) is -3.41. The van der Waals surface area contributed by atoms with E-state index in [1.165, 1.54) is 10.9 Å². The average Bonchev–Trinajstić information content (AvgIpc) is 3.10. The molecule has 2 heterocycles. The molecule has 2 aromatic heterocycles. The SMILES string of the molecule is FC(F)(F)c1ccc2nc(CNCCc3cccs3)[nH]c2c1. The van der Waals surface area contributed by atoms with Crippen LogP contribution in [-0.4, -0.2) is 16.5 Å². The first-order valence-corrected chi connectivity index (χ1v) is 7.69. The van der Waals surface area contributed by atoms with E-state index in [0.717, 1.165) is 25.1 Å². The number of imidazole rings is 1. The van der Waals surface area contributed by atoms with Crippen molar-refractivity contribution in [3.63, 3.8) is 0 Å². The van der Waals surface area contributed by atoms with Gasteiger partial charge in [-0.2, -0.15) is 13.2 Å². The quantitative estimate of drug-likeness (QED) is 0.697. The van der Waals surface area contributed by atoms with Crippen molar-refractivity contribution >= 4 is 22.4 Å². The second-order valence-corrected chi connectivity index (χ2v) is 5.95. The molecular formula is C15H14F3N3S. The molecular weight excluding hydrogens is 311 g/mol. The lowest BCUT2D eigenvalue weighted by atomic mass is 10.2. The topological polar surface area (TPSA) is 40.7 Å². The molecule has 0 amide bonds. The first kappa shape index (κ1) is 15.1. The Morgan fingerprint density at radius 1 is 1.23 bits per heavy atom. The fourth-order valence-corrected chi connectivity index (χ4v) is 2.90. The van der Waals surface area contributed by atoms with E-state index in [9.17, 15) is 13.2 Å². The van der Waals surface area contributed by atoms with Crippen LogP contribution in [0.15, 0.2) is 35.7 Å². The zero-order chi connectivity index (χ0) is 15.6. The summed E-state index contributed by atoms with van der Waals surface area (Å²) in [7, 11) is 0. The number of H-pyrrole nitrogens is 1. The minimum Gasteiger partial charge on any atom is -0.341 e. The summed E-state index contributed by atoms with van der Waals surface area (Å²) >= 11 is 1.71. The highest BCUT2D eigenvalue weighted by Crippen LogP contribution is 2.30. The third-order valence-electron chi connectivity index (χ3n) is 3.28. The molecule has 116 valence electrons. The number of hydrogen-bond acceptors (Lipinski definition) is 3. The summed E-state index contributed by atoms with van der Waals surface area (Å²) < 4.78 is 38.0. The molecule has 2 N–H and O–H groups in total. The Labute approximate surface area is 129 Å². The minimum absolute atomic E-state index is 0.407. The van der Waals surface area contributed by atoms with Gasteiger partial charge in [0, 0.05) is 11.4 Å². The molecule has 0 bridgehead atoms. The highest BCUT2D eigenvalue weighted by molar-refractivity contribution is 7.09. The molecule has 0 fully saturated rings. The Kier molecular flexibility index (Phi) is 4.17. The number of benzene rings is 1. The summed E-state index contributed by atoms with van der Waals surface area (Å²) in [5, 5.41) is 5.27. The van der Waals surface area contributed by atoms with Gasteiger partial charge in [-0.1, -0.05) is 6.07 Å². The van der Waals surface area contributed by atoms with Crippen LogP contribution in [0.4, 0.5) is 13.2 Å². The third-order valence-corrected chi connectivity index (χ3v) is 4.22.